The van der Waals surface area contributed by atoms with Crippen LogP contribution in [0.1, 0.15) is 91.9 Å². The predicted molar refractivity (Wildman–Crippen MR) is 136 cm³/mol. The average Bonchev–Trinajstić information content (AvgIpc) is 3.22. The summed E-state index contributed by atoms with van der Waals surface area (Å²) in [6.07, 6.45) is 7.16. The second kappa shape index (κ2) is 8.05. The number of rotatable bonds is 4. The van der Waals surface area contributed by atoms with Crippen LogP contribution >= 0.6 is 0 Å². The normalized spacial score (nSPS) is 53.9. The van der Waals surface area contributed by atoms with Gasteiger partial charge in [0.2, 0.25) is 0 Å². The highest BCUT2D eigenvalue weighted by atomic mass is 16.4. The number of carboxylic acids is 2. The second-order valence-corrected chi connectivity index (χ2v) is 14.3. The smallest absolute Gasteiger partial charge is 0.312 e. The fourth-order valence-electron chi connectivity index (χ4n) is 11.5. The summed E-state index contributed by atoms with van der Waals surface area (Å²) < 4.78 is 0. The Morgan fingerprint density at radius 1 is 0.806 bits per heavy atom. The highest BCUT2D eigenvalue weighted by molar-refractivity contribution is 5.76. The number of aliphatic carboxylic acids is 2. The molecule has 0 aromatic heterocycles. The molecule has 202 valence electrons. The SMILES string of the molecule is C=C(CO)[C@@H]1CC[C@]2(C(=O)O)CC[C@]3(C)[C@H](CC[C@@H]4[C@@]5(C)CC[C@@H](O)[C@@](C)(C(=O)O)[C@@H]5CC[C@]43C)[C@@H]12. The van der Waals surface area contributed by atoms with Crippen molar-refractivity contribution >= 4 is 11.9 Å². The maximum absolute atomic E-state index is 12.8. The first-order chi connectivity index (χ1) is 16.7. The molecule has 0 aromatic rings. The summed E-state index contributed by atoms with van der Waals surface area (Å²) in [5, 5.41) is 41.6. The average molecular weight is 503 g/mol. The molecule has 0 aromatic carbocycles. The molecule has 5 saturated carbocycles. The summed E-state index contributed by atoms with van der Waals surface area (Å²) in [7, 11) is 0. The van der Waals surface area contributed by atoms with Gasteiger partial charge in [0, 0.05) is 0 Å². The molecule has 0 bridgehead atoms. The second-order valence-electron chi connectivity index (χ2n) is 14.3. The number of carbonyl (C=O) groups is 2. The number of carboxylic acid groups (broad SMARTS) is 2. The lowest BCUT2D eigenvalue weighted by molar-refractivity contribution is -0.251. The largest absolute Gasteiger partial charge is 0.481 e. The third kappa shape index (κ3) is 2.92. The zero-order valence-electron chi connectivity index (χ0n) is 22.6. The molecule has 5 aliphatic carbocycles. The van der Waals surface area contributed by atoms with Crippen LogP contribution in [0.2, 0.25) is 0 Å². The molecular formula is C30H46O6. The maximum atomic E-state index is 12.8. The van der Waals surface area contributed by atoms with E-state index in [4.69, 9.17) is 0 Å². The van der Waals surface area contributed by atoms with Crippen molar-refractivity contribution < 1.29 is 30.0 Å². The van der Waals surface area contributed by atoms with Crippen molar-refractivity contribution in [3.8, 4) is 0 Å². The Labute approximate surface area is 215 Å². The monoisotopic (exact) mass is 502 g/mol. The Kier molecular flexibility index (Phi) is 5.86. The van der Waals surface area contributed by atoms with Gasteiger partial charge in [-0.1, -0.05) is 27.4 Å². The Hall–Kier alpha value is -1.40. The molecule has 36 heavy (non-hydrogen) atoms. The number of fused-ring (bicyclic) bond motifs is 7. The van der Waals surface area contributed by atoms with Crippen molar-refractivity contribution in [1.29, 1.82) is 0 Å². The standard InChI is InChI=1S/C30H46O6/c1-17(16-31)18-8-13-30(25(35)36)15-14-27(3)19(23(18)30)6-7-20-26(2)11-10-22(32)29(5,24(33)34)21(26)9-12-28(20,27)4/h18-23,31-32H,1,6-16H2,2-5H3,(H,33,34)(H,35,36)/t18-,19+,20+,21+,22+,23+,26+,27+,28+,29-,30-/m0/s1. The maximum Gasteiger partial charge on any atom is 0.312 e. The van der Waals surface area contributed by atoms with Crippen molar-refractivity contribution in [3.05, 3.63) is 12.2 Å². The van der Waals surface area contributed by atoms with Crippen LogP contribution in [-0.2, 0) is 9.59 Å². The molecular weight excluding hydrogens is 456 g/mol. The molecule has 5 rings (SSSR count). The van der Waals surface area contributed by atoms with Crippen molar-refractivity contribution in [2.24, 2.45) is 56.7 Å². The molecule has 0 spiro atoms. The van der Waals surface area contributed by atoms with Crippen LogP contribution in [0, 0.1) is 56.7 Å². The zero-order chi connectivity index (χ0) is 26.5. The minimum absolute atomic E-state index is 0.00540. The van der Waals surface area contributed by atoms with Crippen LogP contribution in [-0.4, -0.2) is 45.1 Å². The van der Waals surface area contributed by atoms with Crippen molar-refractivity contribution in [2.75, 3.05) is 6.61 Å². The van der Waals surface area contributed by atoms with E-state index in [1.165, 1.54) is 0 Å². The minimum Gasteiger partial charge on any atom is -0.481 e. The lowest BCUT2D eigenvalue weighted by Crippen LogP contribution is -2.68. The van der Waals surface area contributed by atoms with Gasteiger partial charge in [0.1, 0.15) is 0 Å². The van der Waals surface area contributed by atoms with Gasteiger partial charge in [-0.25, -0.2) is 0 Å². The van der Waals surface area contributed by atoms with Gasteiger partial charge in [0.05, 0.1) is 23.5 Å². The third-order valence-electron chi connectivity index (χ3n) is 13.7. The summed E-state index contributed by atoms with van der Waals surface area (Å²) >= 11 is 0. The Morgan fingerprint density at radius 2 is 1.50 bits per heavy atom. The van der Waals surface area contributed by atoms with Crippen LogP contribution in [0.3, 0.4) is 0 Å². The molecule has 4 N–H and O–H groups in total. The number of aliphatic hydroxyl groups is 2. The summed E-state index contributed by atoms with van der Waals surface area (Å²) in [5.41, 5.74) is -1.32. The van der Waals surface area contributed by atoms with Crippen molar-refractivity contribution in [2.45, 2.75) is 98.0 Å². The van der Waals surface area contributed by atoms with Crippen molar-refractivity contribution in [3.63, 3.8) is 0 Å². The van der Waals surface area contributed by atoms with Gasteiger partial charge in [-0.15, -0.1) is 0 Å². The highest BCUT2D eigenvalue weighted by Crippen LogP contribution is 2.77. The van der Waals surface area contributed by atoms with Crippen molar-refractivity contribution in [1.82, 2.24) is 0 Å². The lowest BCUT2D eigenvalue weighted by atomic mass is 9.32. The van der Waals surface area contributed by atoms with E-state index >= 15 is 0 Å². The van der Waals surface area contributed by atoms with Crippen LogP contribution in [0.4, 0.5) is 0 Å². The van der Waals surface area contributed by atoms with Gasteiger partial charge in [-0.05, 0) is 123 Å². The number of hydrogen-bond acceptors (Lipinski definition) is 4. The lowest BCUT2D eigenvalue weighted by Gasteiger charge is -2.72. The first kappa shape index (κ1) is 26.2. The molecule has 0 aliphatic heterocycles. The quantitative estimate of drug-likeness (QED) is 0.396. The topological polar surface area (TPSA) is 115 Å². The summed E-state index contributed by atoms with van der Waals surface area (Å²) in [6, 6.07) is 0. The van der Waals surface area contributed by atoms with Gasteiger partial charge in [-0.2, -0.15) is 0 Å². The van der Waals surface area contributed by atoms with E-state index < -0.39 is 28.9 Å². The first-order valence-corrected chi connectivity index (χ1v) is 14.2. The fourth-order valence-corrected chi connectivity index (χ4v) is 11.5. The molecule has 0 saturated heterocycles. The zero-order valence-corrected chi connectivity index (χ0v) is 22.6. The fraction of sp³-hybridized carbons (Fsp3) is 0.867. The molecule has 5 aliphatic rings. The molecule has 11 atom stereocenters. The highest BCUT2D eigenvalue weighted by Gasteiger charge is 2.73. The van der Waals surface area contributed by atoms with Gasteiger partial charge >= 0.3 is 11.9 Å². The summed E-state index contributed by atoms with van der Waals surface area (Å²) in [6.45, 7) is 13.0. The molecule has 0 heterocycles. The van der Waals surface area contributed by atoms with Gasteiger partial charge in [0.15, 0.2) is 0 Å². The third-order valence-corrected chi connectivity index (χ3v) is 13.7. The van der Waals surface area contributed by atoms with E-state index in [1.807, 2.05) is 0 Å². The predicted octanol–water partition coefficient (Wildman–Crippen LogP) is 5.13. The number of hydrogen-bond donors (Lipinski definition) is 4. The Morgan fingerprint density at radius 3 is 2.11 bits per heavy atom. The van der Waals surface area contributed by atoms with E-state index in [9.17, 15) is 30.0 Å². The van der Waals surface area contributed by atoms with Crippen LogP contribution in [0.25, 0.3) is 0 Å². The van der Waals surface area contributed by atoms with E-state index in [-0.39, 0.29) is 46.5 Å². The molecule has 0 amide bonds. The first-order valence-electron chi connectivity index (χ1n) is 14.2. The number of aliphatic hydroxyl groups excluding tert-OH is 2. The minimum atomic E-state index is -1.13. The van der Waals surface area contributed by atoms with Gasteiger partial charge in [0.25, 0.3) is 0 Å². The molecule has 6 nitrogen and oxygen atoms in total. The van der Waals surface area contributed by atoms with Gasteiger partial charge < -0.3 is 20.4 Å². The molecule has 0 unspecified atom stereocenters. The van der Waals surface area contributed by atoms with Crippen LogP contribution in [0.5, 0.6) is 0 Å². The molecule has 0 radical (unpaired) electrons. The molecule has 5 fully saturated rings. The van der Waals surface area contributed by atoms with E-state index in [0.717, 1.165) is 50.5 Å². The summed E-state index contributed by atoms with van der Waals surface area (Å²) in [5.74, 6) is -0.996. The summed E-state index contributed by atoms with van der Waals surface area (Å²) in [4.78, 5) is 25.3. The van der Waals surface area contributed by atoms with Crippen LogP contribution in [0.15, 0.2) is 12.2 Å². The van der Waals surface area contributed by atoms with E-state index in [0.29, 0.717) is 25.2 Å². The van der Waals surface area contributed by atoms with E-state index in [1.54, 1.807) is 6.92 Å². The molecule has 6 heteroatoms. The Bertz CT molecular complexity index is 976. The van der Waals surface area contributed by atoms with Gasteiger partial charge in [-0.3, -0.25) is 9.59 Å². The van der Waals surface area contributed by atoms with E-state index in [2.05, 4.69) is 27.4 Å². The van der Waals surface area contributed by atoms with Crippen LogP contribution < -0.4 is 0 Å². The Balaban J connectivity index is 1.57.